The molecule has 1 aliphatic carbocycles. The van der Waals surface area contributed by atoms with E-state index in [1.54, 1.807) is 0 Å². The number of carbonyl (C=O) groups excluding carboxylic acids is 1. The maximum atomic E-state index is 12.6. The molecule has 0 aromatic heterocycles. The molecule has 23 heavy (non-hydrogen) atoms. The second-order valence-corrected chi connectivity index (χ2v) is 6.88. The van der Waals surface area contributed by atoms with E-state index in [4.69, 9.17) is 4.74 Å². The number of amides is 2. The van der Waals surface area contributed by atoms with Gasteiger partial charge in [0.2, 0.25) is 0 Å². The van der Waals surface area contributed by atoms with Crippen molar-refractivity contribution in [3.8, 4) is 0 Å². The number of carbonyl (C=O) groups is 1. The maximum absolute atomic E-state index is 12.6. The first-order valence-electron chi connectivity index (χ1n) is 8.91. The zero-order valence-corrected chi connectivity index (χ0v) is 14.1. The third-order valence-electron chi connectivity index (χ3n) is 5.14. The molecule has 2 amide bonds. The first-order chi connectivity index (χ1) is 11.2. The number of urea groups is 1. The third-order valence-corrected chi connectivity index (χ3v) is 5.14. The van der Waals surface area contributed by atoms with Gasteiger partial charge in [0.25, 0.3) is 0 Å². The van der Waals surface area contributed by atoms with E-state index in [2.05, 4.69) is 29.6 Å². The van der Waals surface area contributed by atoms with Crippen LogP contribution in [0.4, 0.5) is 4.79 Å². The van der Waals surface area contributed by atoms with Crippen molar-refractivity contribution in [2.45, 2.75) is 44.6 Å². The summed E-state index contributed by atoms with van der Waals surface area (Å²) >= 11 is 0. The fourth-order valence-electron chi connectivity index (χ4n) is 3.73. The average Bonchev–Trinajstić information content (AvgIpc) is 2.78. The van der Waals surface area contributed by atoms with Crippen LogP contribution in [0.3, 0.4) is 0 Å². The van der Waals surface area contributed by atoms with Crippen LogP contribution in [0.1, 0.15) is 49.3 Å². The lowest BCUT2D eigenvalue weighted by atomic mass is 9.99. The van der Waals surface area contributed by atoms with Crippen molar-refractivity contribution in [2.24, 2.45) is 5.92 Å². The Morgan fingerprint density at radius 3 is 2.83 bits per heavy atom. The summed E-state index contributed by atoms with van der Waals surface area (Å²) in [5.41, 5.74) is 2.69. The number of hydrogen-bond acceptors (Lipinski definition) is 2. The van der Waals surface area contributed by atoms with Crippen molar-refractivity contribution in [1.82, 2.24) is 10.2 Å². The highest BCUT2D eigenvalue weighted by atomic mass is 16.5. The molecule has 4 heteroatoms. The normalized spacial score (nSPS) is 22.0. The van der Waals surface area contributed by atoms with Crippen LogP contribution < -0.4 is 5.32 Å². The number of nitrogens with one attached hydrogen (secondary N) is 1. The molecule has 1 aromatic rings. The van der Waals surface area contributed by atoms with Crippen LogP contribution in [0, 0.1) is 5.92 Å². The largest absolute Gasteiger partial charge is 0.381 e. The molecule has 1 aromatic carbocycles. The van der Waals surface area contributed by atoms with E-state index >= 15 is 0 Å². The van der Waals surface area contributed by atoms with Gasteiger partial charge in [-0.25, -0.2) is 4.79 Å². The predicted molar refractivity (Wildman–Crippen MR) is 91.4 cm³/mol. The summed E-state index contributed by atoms with van der Waals surface area (Å²) in [6.45, 7) is 2.48. The van der Waals surface area contributed by atoms with Gasteiger partial charge in [-0.2, -0.15) is 0 Å². The maximum Gasteiger partial charge on any atom is 0.317 e. The first kappa shape index (κ1) is 16.3. The number of fused-ring (bicyclic) bond motifs is 1. The van der Waals surface area contributed by atoms with Crippen molar-refractivity contribution in [3.63, 3.8) is 0 Å². The lowest BCUT2D eigenvalue weighted by Gasteiger charge is -2.29. The Labute approximate surface area is 139 Å². The van der Waals surface area contributed by atoms with Crippen LogP contribution in [-0.2, 0) is 11.2 Å². The van der Waals surface area contributed by atoms with Crippen molar-refractivity contribution in [2.75, 3.05) is 26.8 Å². The average molecular weight is 316 g/mol. The summed E-state index contributed by atoms with van der Waals surface area (Å²) in [5, 5.41) is 3.26. The minimum Gasteiger partial charge on any atom is -0.381 e. The van der Waals surface area contributed by atoms with Crippen LogP contribution in [0.25, 0.3) is 0 Å². The molecule has 126 valence electrons. The van der Waals surface area contributed by atoms with Crippen LogP contribution in [-0.4, -0.2) is 37.7 Å². The molecular weight excluding hydrogens is 288 g/mol. The smallest absolute Gasteiger partial charge is 0.317 e. The lowest BCUT2D eigenvalue weighted by molar-refractivity contribution is 0.0584. The summed E-state index contributed by atoms with van der Waals surface area (Å²) in [7, 11) is 1.91. The lowest BCUT2D eigenvalue weighted by Crippen LogP contribution is -2.42. The fourth-order valence-corrected chi connectivity index (χ4v) is 3.73. The highest BCUT2D eigenvalue weighted by Crippen LogP contribution is 2.28. The molecule has 0 unspecified atom stereocenters. The Kier molecular flexibility index (Phi) is 5.55. The number of nitrogens with zero attached hydrogens (tertiary/aromatic N) is 1. The molecule has 1 heterocycles. The van der Waals surface area contributed by atoms with Gasteiger partial charge >= 0.3 is 6.03 Å². The molecule has 1 atom stereocenters. The van der Waals surface area contributed by atoms with Crippen LogP contribution in [0.5, 0.6) is 0 Å². The van der Waals surface area contributed by atoms with E-state index < -0.39 is 0 Å². The van der Waals surface area contributed by atoms with E-state index in [1.807, 2.05) is 11.9 Å². The Balaban J connectivity index is 1.60. The number of hydrogen-bond donors (Lipinski definition) is 1. The summed E-state index contributed by atoms with van der Waals surface area (Å²) in [5.74, 6) is 0.570. The molecule has 3 rings (SSSR count). The SMILES string of the molecule is CN(CC1CCOCC1)C(=O)N[C@H]1CCCCc2ccccc21. The van der Waals surface area contributed by atoms with E-state index in [0.717, 1.165) is 45.4 Å². The van der Waals surface area contributed by atoms with Gasteiger partial charge in [0, 0.05) is 26.8 Å². The van der Waals surface area contributed by atoms with Gasteiger partial charge in [0.15, 0.2) is 0 Å². The summed E-state index contributed by atoms with van der Waals surface area (Å²) < 4.78 is 5.40. The molecule has 1 N–H and O–H groups in total. The van der Waals surface area contributed by atoms with E-state index in [9.17, 15) is 4.79 Å². The molecular formula is C19H28N2O2. The van der Waals surface area contributed by atoms with Crippen LogP contribution >= 0.6 is 0 Å². The van der Waals surface area contributed by atoms with Crippen molar-refractivity contribution >= 4 is 6.03 Å². The highest BCUT2D eigenvalue weighted by Gasteiger charge is 2.23. The Morgan fingerprint density at radius 2 is 2.00 bits per heavy atom. The summed E-state index contributed by atoms with van der Waals surface area (Å²) in [4.78, 5) is 14.4. The van der Waals surface area contributed by atoms with Crippen molar-refractivity contribution in [3.05, 3.63) is 35.4 Å². The van der Waals surface area contributed by atoms with Gasteiger partial charge in [0.1, 0.15) is 0 Å². The minimum absolute atomic E-state index is 0.0539. The van der Waals surface area contributed by atoms with Crippen molar-refractivity contribution in [1.29, 1.82) is 0 Å². The molecule has 0 radical (unpaired) electrons. The van der Waals surface area contributed by atoms with Crippen molar-refractivity contribution < 1.29 is 9.53 Å². The zero-order valence-electron chi connectivity index (χ0n) is 14.1. The highest BCUT2D eigenvalue weighted by molar-refractivity contribution is 5.74. The molecule has 1 aliphatic heterocycles. The predicted octanol–water partition coefficient (Wildman–Crippen LogP) is 3.52. The zero-order chi connectivity index (χ0) is 16.1. The van der Waals surface area contributed by atoms with Crippen LogP contribution in [0.2, 0.25) is 0 Å². The monoisotopic (exact) mass is 316 g/mol. The number of rotatable bonds is 3. The summed E-state index contributed by atoms with van der Waals surface area (Å²) in [6, 6.07) is 8.75. The van der Waals surface area contributed by atoms with E-state index in [0.29, 0.717) is 5.92 Å². The van der Waals surface area contributed by atoms with E-state index in [1.165, 1.54) is 24.0 Å². The number of benzene rings is 1. The quantitative estimate of drug-likeness (QED) is 0.867. The molecule has 0 spiro atoms. The van der Waals surface area contributed by atoms with Gasteiger partial charge in [-0.15, -0.1) is 0 Å². The Hall–Kier alpha value is -1.55. The van der Waals surface area contributed by atoms with Gasteiger partial charge < -0.3 is 15.0 Å². The molecule has 4 nitrogen and oxygen atoms in total. The molecule has 2 aliphatic rings. The second kappa shape index (κ2) is 7.82. The first-order valence-corrected chi connectivity index (χ1v) is 8.91. The number of aryl methyl sites for hydroxylation is 1. The Bertz CT molecular complexity index is 526. The molecule has 0 bridgehead atoms. The third kappa shape index (κ3) is 4.25. The number of ether oxygens (including phenoxy) is 1. The van der Waals surface area contributed by atoms with E-state index in [-0.39, 0.29) is 12.1 Å². The summed E-state index contributed by atoms with van der Waals surface area (Å²) in [6.07, 6.45) is 6.66. The van der Waals surface area contributed by atoms with Crippen LogP contribution in [0.15, 0.2) is 24.3 Å². The Morgan fingerprint density at radius 1 is 1.22 bits per heavy atom. The molecule has 0 saturated carbocycles. The fraction of sp³-hybridized carbons (Fsp3) is 0.632. The second-order valence-electron chi connectivity index (χ2n) is 6.88. The molecule has 1 saturated heterocycles. The topological polar surface area (TPSA) is 41.6 Å². The standard InChI is InChI=1S/C19H28N2O2/c1-21(14-15-10-12-23-13-11-15)19(22)20-18-9-5-3-7-16-6-2-4-8-17(16)18/h2,4,6,8,15,18H,3,5,7,9-14H2,1H3,(H,20,22)/t18-/m0/s1. The van der Waals surface area contributed by atoms with Gasteiger partial charge in [-0.1, -0.05) is 30.7 Å². The minimum atomic E-state index is 0.0539. The molecule has 1 fully saturated rings. The van der Waals surface area contributed by atoms with Gasteiger partial charge in [-0.05, 0) is 49.1 Å². The van der Waals surface area contributed by atoms with Gasteiger partial charge in [-0.3, -0.25) is 0 Å². The van der Waals surface area contributed by atoms with Gasteiger partial charge in [0.05, 0.1) is 6.04 Å².